The van der Waals surface area contributed by atoms with Crippen LogP contribution in [0.1, 0.15) is 27.6 Å². The van der Waals surface area contributed by atoms with E-state index in [4.69, 9.17) is 19.9 Å². The molecule has 1 aliphatic heterocycles. The van der Waals surface area contributed by atoms with Crippen molar-refractivity contribution in [3.05, 3.63) is 89.5 Å². The van der Waals surface area contributed by atoms with Crippen molar-refractivity contribution in [2.24, 2.45) is 5.73 Å². The number of fused-ring (bicyclic) bond motifs is 1. The van der Waals surface area contributed by atoms with Crippen LogP contribution in [0.5, 0.6) is 17.2 Å². The molecule has 1 heterocycles. The number of hydrogen-bond acceptors (Lipinski definition) is 6. The number of ether oxygens (including phenoxy) is 3. The Hall–Kier alpha value is -3.55. The molecule has 0 unspecified atom stereocenters. The first-order valence-electron chi connectivity index (χ1n) is 10.5. The van der Waals surface area contributed by atoms with E-state index in [1.54, 1.807) is 18.2 Å². The van der Waals surface area contributed by atoms with Gasteiger partial charge in [-0.3, -0.25) is 4.79 Å². The Labute approximate surface area is 186 Å². The first-order valence-corrected chi connectivity index (χ1v) is 10.5. The van der Waals surface area contributed by atoms with Gasteiger partial charge in [0.25, 0.3) is 5.91 Å². The second-order valence-corrected chi connectivity index (χ2v) is 7.57. The van der Waals surface area contributed by atoms with E-state index in [0.717, 1.165) is 11.3 Å². The van der Waals surface area contributed by atoms with Crippen LogP contribution in [0.3, 0.4) is 0 Å². The Morgan fingerprint density at radius 1 is 1.09 bits per heavy atom. The predicted octanol–water partition coefficient (Wildman–Crippen LogP) is 2.83. The number of aliphatic hydroxyl groups excluding tert-OH is 1. The highest BCUT2D eigenvalue weighted by molar-refractivity contribution is 5.95. The third-order valence-corrected chi connectivity index (χ3v) is 5.17. The van der Waals surface area contributed by atoms with E-state index in [1.165, 1.54) is 0 Å². The molecule has 32 heavy (non-hydrogen) atoms. The Morgan fingerprint density at radius 2 is 1.84 bits per heavy atom. The summed E-state index contributed by atoms with van der Waals surface area (Å²) in [6, 6.07) is 22.1. The minimum absolute atomic E-state index is 0.160. The fourth-order valence-corrected chi connectivity index (χ4v) is 3.47. The lowest BCUT2D eigenvalue weighted by Crippen LogP contribution is -2.39. The number of nitrogens with two attached hydrogens (primary N) is 1. The lowest BCUT2D eigenvalue weighted by Gasteiger charge is -2.27. The zero-order valence-corrected chi connectivity index (χ0v) is 17.6. The monoisotopic (exact) mass is 434 g/mol. The van der Waals surface area contributed by atoms with Gasteiger partial charge in [-0.1, -0.05) is 48.5 Å². The zero-order chi connectivity index (χ0) is 22.3. The minimum Gasteiger partial charge on any atom is -0.488 e. The molecule has 1 amide bonds. The average Bonchev–Trinajstić information content (AvgIpc) is 2.83. The van der Waals surface area contributed by atoms with Gasteiger partial charge in [-0.25, -0.2) is 0 Å². The van der Waals surface area contributed by atoms with Crippen LogP contribution in [0, 0.1) is 0 Å². The molecule has 0 aromatic heterocycles. The van der Waals surface area contributed by atoms with Crippen molar-refractivity contribution >= 4 is 5.91 Å². The van der Waals surface area contributed by atoms with Crippen LogP contribution in [0.15, 0.2) is 72.8 Å². The summed E-state index contributed by atoms with van der Waals surface area (Å²) in [6.07, 6.45) is -0.986. The number of primary amides is 1. The number of aliphatic hydroxyl groups is 1. The number of para-hydroxylation sites is 2. The molecule has 0 saturated carbocycles. The van der Waals surface area contributed by atoms with Gasteiger partial charge >= 0.3 is 0 Å². The number of benzene rings is 3. The van der Waals surface area contributed by atoms with Gasteiger partial charge in [-0.05, 0) is 35.4 Å². The van der Waals surface area contributed by atoms with Gasteiger partial charge in [0.1, 0.15) is 25.1 Å². The summed E-state index contributed by atoms with van der Waals surface area (Å²) in [5.74, 6) is 1.22. The SMILES string of the molecule is NC(=O)c1cc([C@@H](O)CNC[C@H]2COc3ccccc3O2)ccc1OCc1ccccc1. The molecule has 166 valence electrons. The van der Waals surface area contributed by atoms with Crippen LogP contribution in [0.4, 0.5) is 0 Å². The van der Waals surface area contributed by atoms with Crippen LogP contribution in [0.2, 0.25) is 0 Å². The zero-order valence-electron chi connectivity index (χ0n) is 17.6. The number of hydrogen-bond donors (Lipinski definition) is 3. The van der Waals surface area contributed by atoms with Gasteiger partial charge in [-0.15, -0.1) is 0 Å². The highest BCUT2D eigenvalue weighted by atomic mass is 16.6. The molecule has 2 atom stereocenters. The van der Waals surface area contributed by atoms with Crippen LogP contribution >= 0.6 is 0 Å². The molecule has 0 saturated heterocycles. The fraction of sp³-hybridized carbons (Fsp3) is 0.240. The van der Waals surface area contributed by atoms with Gasteiger partial charge < -0.3 is 30.4 Å². The van der Waals surface area contributed by atoms with Crippen molar-refractivity contribution < 1.29 is 24.1 Å². The highest BCUT2D eigenvalue weighted by Gasteiger charge is 2.21. The lowest BCUT2D eigenvalue weighted by molar-refractivity contribution is 0.0858. The molecule has 4 N–H and O–H groups in total. The number of rotatable bonds is 9. The summed E-state index contributed by atoms with van der Waals surface area (Å²) in [5, 5.41) is 13.8. The molecule has 7 nitrogen and oxygen atoms in total. The van der Waals surface area contributed by atoms with E-state index in [0.29, 0.717) is 36.8 Å². The molecular weight excluding hydrogens is 408 g/mol. The highest BCUT2D eigenvalue weighted by Crippen LogP contribution is 2.30. The molecule has 3 aromatic carbocycles. The van der Waals surface area contributed by atoms with Crippen LogP contribution in [-0.2, 0) is 6.61 Å². The molecule has 0 aliphatic carbocycles. The molecule has 0 fully saturated rings. The standard InChI is InChI=1S/C25H26N2O5/c26-25(29)20-12-18(10-11-22(20)30-15-17-6-2-1-3-7-17)21(28)14-27-13-19-16-31-23-8-4-5-9-24(23)32-19/h1-12,19,21,27-28H,13-16H2,(H2,26,29)/t19-,21-/m0/s1. The normalized spacial score (nSPS) is 15.7. The summed E-state index contributed by atoms with van der Waals surface area (Å²) in [5.41, 5.74) is 7.33. The van der Waals surface area contributed by atoms with Gasteiger partial charge in [0.05, 0.1) is 11.7 Å². The minimum atomic E-state index is -0.826. The lowest BCUT2D eigenvalue weighted by atomic mass is 10.0. The third kappa shape index (κ3) is 5.38. The van der Waals surface area contributed by atoms with E-state index in [2.05, 4.69) is 5.32 Å². The van der Waals surface area contributed by atoms with E-state index < -0.39 is 12.0 Å². The van der Waals surface area contributed by atoms with Crippen molar-refractivity contribution in [1.82, 2.24) is 5.32 Å². The van der Waals surface area contributed by atoms with Crippen molar-refractivity contribution in [1.29, 1.82) is 0 Å². The molecule has 1 aliphatic rings. The number of amides is 1. The maximum atomic E-state index is 11.9. The Bertz CT molecular complexity index is 1060. The Kier molecular flexibility index (Phi) is 6.89. The first-order chi connectivity index (χ1) is 15.6. The smallest absolute Gasteiger partial charge is 0.252 e. The van der Waals surface area contributed by atoms with Gasteiger partial charge in [0.2, 0.25) is 0 Å². The molecular formula is C25H26N2O5. The summed E-state index contributed by atoms with van der Waals surface area (Å²) in [6.45, 7) is 1.53. The Balaban J connectivity index is 1.32. The molecule has 4 rings (SSSR count). The van der Waals surface area contributed by atoms with E-state index in [-0.39, 0.29) is 18.2 Å². The molecule has 3 aromatic rings. The first kappa shape index (κ1) is 21.7. The molecule has 0 bridgehead atoms. The van der Waals surface area contributed by atoms with Crippen LogP contribution < -0.4 is 25.3 Å². The van der Waals surface area contributed by atoms with Crippen molar-refractivity contribution in [2.45, 2.75) is 18.8 Å². The summed E-state index contributed by atoms with van der Waals surface area (Å²) >= 11 is 0. The van der Waals surface area contributed by atoms with Crippen molar-refractivity contribution in [2.75, 3.05) is 19.7 Å². The quantitative estimate of drug-likeness (QED) is 0.479. The fourth-order valence-electron chi connectivity index (χ4n) is 3.47. The second-order valence-electron chi connectivity index (χ2n) is 7.57. The van der Waals surface area contributed by atoms with E-state index >= 15 is 0 Å². The summed E-state index contributed by atoms with van der Waals surface area (Å²) in [4.78, 5) is 11.9. The van der Waals surface area contributed by atoms with Crippen LogP contribution in [0.25, 0.3) is 0 Å². The molecule has 0 spiro atoms. The number of carbonyl (C=O) groups is 1. The van der Waals surface area contributed by atoms with Gasteiger partial charge in [-0.2, -0.15) is 0 Å². The topological polar surface area (TPSA) is 103 Å². The van der Waals surface area contributed by atoms with Crippen molar-refractivity contribution in [3.8, 4) is 17.2 Å². The van der Waals surface area contributed by atoms with Gasteiger partial charge in [0, 0.05) is 13.1 Å². The van der Waals surface area contributed by atoms with E-state index in [1.807, 2.05) is 54.6 Å². The molecule has 0 radical (unpaired) electrons. The van der Waals surface area contributed by atoms with Crippen molar-refractivity contribution in [3.63, 3.8) is 0 Å². The largest absolute Gasteiger partial charge is 0.488 e. The summed E-state index contributed by atoms with van der Waals surface area (Å²) < 4.78 is 17.4. The molecule has 7 heteroatoms. The van der Waals surface area contributed by atoms with Crippen LogP contribution in [-0.4, -0.2) is 36.8 Å². The number of nitrogens with one attached hydrogen (secondary N) is 1. The average molecular weight is 434 g/mol. The van der Waals surface area contributed by atoms with E-state index in [9.17, 15) is 9.90 Å². The maximum Gasteiger partial charge on any atom is 0.252 e. The Morgan fingerprint density at radius 3 is 2.62 bits per heavy atom. The van der Waals surface area contributed by atoms with Gasteiger partial charge in [0.15, 0.2) is 11.5 Å². The second kappa shape index (κ2) is 10.2. The third-order valence-electron chi connectivity index (χ3n) is 5.17. The predicted molar refractivity (Wildman–Crippen MR) is 120 cm³/mol. The summed E-state index contributed by atoms with van der Waals surface area (Å²) in [7, 11) is 0. The number of carbonyl (C=O) groups excluding carboxylic acids is 1. The maximum absolute atomic E-state index is 11.9.